The Balaban J connectivity index is 0.000000110. The maximum absolute atomic E-state index is 13.2. The molecule has 3 spiro atoms. The van der Waals surface area contributed by atoms with Crippen LogP contribution in [0.25, 0.3) is 0 Å². The number of pyridine rings is 4. The molecule has 10 N–H and O–H groups in total. The SMILES string of the molecule is NC(=O)c1[nH]c(=O)c(Br)cc1Cl.Nc1ccncn1.O=C1C2CCC1CC2.O=C1NC2(C3CCC2CC3)n2c1c(Cl)cc(Br)c2=O.O=C1NC2(C3CCC2CC3)n2c1c(Cl)cc(Nc1ccncn1)c2=O.O=C1NC2(C3CCC2CC3)n2c1c(Cl)cc(Nc1ccncn1)c2=O. The van der Waals surface area contributed by atoms with Crippen LogP contribution in [-0.2, 0) is 21.8 Å². The first-order chi connectivity index (χ1) is 46.1. The second kappa shape index (κ2) is 26.5. The molecule has 10 heterocycles. The molecule has 26 nitrogen and oxygen atoms in total. The molecule has 7 aromatic rings. The van der Waals surface area contributed by atoms with Gasteiger partial charge in [0.2, 0.25) is 0 Å². The lowest BCUT2D eigenvalue weighted by atomic mass is 9.98. The average Bonchev–Trinajstić information content (AvgIpc) is 1.55. The normalized spacial score (nSPS) is 27.6. The monoisotopic (exact) mass is 1510 g/mol. The number of amides is 4. The highest BCUT2D eigenvalue weighted by molar-refractivity contribution is 9.10. The molecule has 500 valence electrons. The van der Waals surface area contributed by atoms with Gasteiger partial charge in [-0.05, 0) is 177 Å². The van der Waals surface area contributed by atoms with Gasteiger partial charge in [-0.3, -0.25) is 56.9 Å². The number of rotatable bonds is 5. The summed E-state index contributed by atoms with van der Waals surface area (Å²) in [5.74, 6) is 3.44. The summed E-state index contributed by atoms with van der Waals surface area (Å²) in [4.78, 5) is 134. The zero-order valence-corrected chi connectivity index (χ0v) is 57.3. The summed E-state index contributed by atoms with van der Waals surface area (Å²) in [5, 5.41) is 16.3. The van der Waals surface area contributed by atoms with E-state index in [-0.39, 0.29) is 94.7 Å². The van der Waals surface area contributed by atoms with E-state index in [0.29, 0.717) is 73.5 Å². The van der Waals surface area contributed by atoms with Crippen LogP contribution in [0.1, 0.15) is 145 Å². The summed E-state index contributed by atoms with van der Waals surface area (Å²) in [7, 11) is 0. The minimum atomic E-state index is -0.760. The van der Waals surface area contributed by atoms with Crippen molar-refractivity contribution in [1.29, 1.82) is 0 Å². The highest BCUT2D eigenvalue weighted by Gasteiger charge is 2.64. The molecular formula is C64H63Br2Cl4N17O9. The lowest BCUT2D eigenvalue weighted by molar-refractivity contribution is -0.121. The first-order valence-electron chi connectivity index (χ1n) is 31.6. The van der Waals surface area contributed by atoms with Crippen LogP contribution in [0.5, 0.6) is 0 Å². The number of nitrogens with one attached hydrogen (secondary N) is 6. The summed E-state index contributed by atoms with van der Waals surface area (Å²) < 4.78 is 5.56. The number of hydrogen-bond donors (Lipinski definition) is 8. The van der Waals surface area contributed by atoms with Gasteiger partial charge in [0.05, 0.1) is 29.0 Å². The number of fused-ring (bicyclic) bond motifs is 5. The number of H-pyrrole nitrogens is 1. The van der Waals surface area contributed by atoms with Crippen molar-refractivity contribution < 1.29 is 24.0 Å². The van der Waals surface area contributed by atoms with E-state index in [1.807, 2.05) is 0 Å². The number of Topliss-reactive ketones (excluding diaryl/α,β-unsaturated/α-hetero) is 1. The van der Waals surface area contributed by atoms with Gasteiger partial charge in [-0.1, -0.05) is 46.4 Å². The second-order valence-electron chi connectivity index (χ2n) is 25.7. The molecule has 0 radical (unpaired) electrons. The van der Waals surface area contributed by atoms with E-state index in [0.717, 1.165) is 77.0 Å². The molecule has 8 saturated carbocycles. The van der Waals surface area contributed by atoms with Gasteiger partial charge in [-0.25, -0.2) is 29.9 Å². The molecule has 18 rings (SSSR count). The molecule has 0 aromatic carbocycles. The number of hydrogen-bond acceptors (Lipinski definition) is 18. The predicted octanol–water partition coefficient (Wildman–Crippen LogP) is 9.31. The Bertz CT molecular complexity index is 4330. The third-order valence-electron chi connectivity index (χ3n) is 21.1. The van der Waals surface area contributed by atoms with Crippen molar-refractivity contribution in [3.63, 3.8) is 0 Å². The number of aromatic nitrogens is 10. The summed E-state index contributed by atoms with van der Waals surface area (Å²) >= 11 is 30.8. The Hall–Kier alpha value is -7.89. The van der Waals surface area contributed by atoms with Crippen LogP contribution in [0.4, 0.5) is 28.8 Å². The van der Waals surface area contributed by atoms with Gasteiger partial charge in [0, 0.05) is 65.9 Å². The van der Waals surface area contributed by atoms with Crippen molar-refractivity contribution in [2.75, 3.05) is 16.4 Å². The van der Waals surface area contributed by atoms with Crippen molar-refractivity contribution in [3.8, 4) is 0 Å². The van der Waals surface area contributed by atoms with Gasteiger partial charge >= 0.3 is 0 Å². The zero-order chi connectivity index (χ0) is 67.7. The zero-order valence-electron chi connectivity index (χ0n) is 51.1. The molecule has 0 saturated heterocycles. The summed E-state index contributed by atoms with van der Waals surface area (Å²) in [6, 6.07) is 10.8. The number of aromatic amines is 1. The third-order valence-corrected chi connectivity index (χ3v) is 23.4. The number of halogens is 6. The molecule has 7 aromatic heterocycles. The highest BCUT2D eigenvalue weighted by Crippen LogP contribution is 2.59. The van der Waals surface area contributed by atoms with Crippen LogP contribution < -0.4 is 60.3 Å². The fourth-order valence-corrected chi connectivity index (χ4v) is 19.2. The van der Waals surface area contributed by atoms with Gasteiger partial charge in [0.15, 0.2) is 0 Å². The first kappa shape index (κ1) is 66.7. The summed E-state index contributed by atoms with van der Waals surface area (Å²) in [6.07, 6.45) is 26.3. The van der Waals surface area contributed by atoms with Crippen LogP contribution >= 0.6 is 78.3 Å². The second-order valence-corrected chi connectivity index (χ2v) is 29.0. The molecule has 4 amide bonds. The van der Waals surface area contributed by atoms with E-state index in [1.165, 1.54) is 68.9 Å². The molecule has 8 aliphatic carbocycles. The maximum atomic E-state index is 13.2. The molecule has 8 fully saturated rings. The van der Waals surface area contributed by atoms with Crippen LogP contribution in [-0.4, -0.2) is 78.0 Å². The lowest BCUT2D eigenvalue weighted by Gasteiger charge is -2.32. The van der Waals surface area contributed by atoms with Gasteiger partial charge in [0.25, 0.3) is 45.9 Å². The first-order valence-corrected chi connectivity index (χ1v) is 34.7. The number of nitrogen functional groups attached to an aromatic ring is 1. The fraction of sp³-hybridized carbons (Fsp3) is 0.422. The minimum absolute atomic E-state index is 0.0788. The van der Waals surface area contributed by atoms with E-state index in [9.17, 15) is 43.2 Å². The Kier molecular flexibility index (Phi) is 18.4. The molecule has 32 heteroatoms. The number of ketones is 1. The Labute approximate surface area is 583 Å². The van der Waals surface area contributed by atoms with Crippen molar-refractivity contribution in [3.05, 3.63) is 173 Å². The van der Waals surface area contributed by atoms with Crippen LogP contribution in [0, 0.1) is 47.3 Å². The van der Waals surface area contributed by atoms with Gasteiger partial charge < -0.3 is 43.0 Å². The number of primary amides is 1. The lowest BCUT2D eigenvalue weighted by Crippen LogP contribution is -2.51. The summed E-state index contributed by atoms with van der Waals surface area (Å²) in [6.45, 7) is 0. The average molecular weight is 1520 g/mol. The van der Waals surface area contributed by atoms with Crippen molar-refractivity contribution in [2.24, 2.45) is 53.1 Å². The standard InChI is InChI=1S/2C17H16ClN5O2.C13H12BrClN2O2.C7H10O.C6H4BrClN2O2.C4H5N3/c2*18-11-7-12(21-13-5-6-19-8-20-13)16(25)23-14(11)15(24)22-17(23)9-1-2-10(17)4-3-9;14-8-5-9(15)10-11(18)16-13(17(10)12(8)19)6-1-2-7(13)4-3-6;8-7-5-1-2-6(7)4-3-5;7-2-1-3(8)4(5(9)11)10-6(2)12;5-4-1-2-6-3-7-4/h2*5-10H,1-4H2,(H,22,24)(H,19,20,21);5-7H,1-4H2,(H,16,18);5-6H,1-4H2;1H,(H2,9,11)(H,10,12);1-3H,(H2,5,6,7). The number of nitrogens with two attached hydrogens (primary N) is 2. The van der Waals surface area contributed by atoms with Crippen LogP contribution in [0.15, 0.2) is 108 Å². The topological polar surface area (TPSA) is 374 Å². The van der Waals surface area contributed by atoms with E-state index < -0.39 is 28.5 Å². The molecule has 3 aliphatic heterocycles. The Morgan fingerprint density at radius 3 is 1.12 bits per heavy atom. The van der Waals surface area contributed by atoms with Crippen molar-refractivity contribution >= 4 is 137 Å². The molecule has 0 atom stereocenters. The molecule has 11 aliphatic rings. The maximum Gasteiger partial charge on any atom is 0.276 e. The van der Waals surface area contributed by atoms with Crippen LogP contribution in [0.2, 0.25) is 20.1 Å². The van der Waals surface area contributed by atoms with E-state index in [4.69, 9.17) is 57.9 Å². The largest absolute Gasteiger partial charge is 0.384 e. The Morgan fingerprint density at radius 2 is 0.823 bits per heavy atom. The smallest absolute Gasteiger partial charge is 0.276 e. The molecule has 8 bridgehead atoms. The number of nitrogens with zero attached hydrogens (tertiary/aromatic N) is 9. The van der Waals surface area contributed by atoms with Crippen molar-refractivity contribution in [2.45, 2.75) is 120 Å². The number of anilines is 5. The third kappa shape index (κ3) is 11.5. The number of carbonyl (C=O) groups is 5. The minimum Gasteiger partial charge on any atom is -0.384 e. The van der Waals surface area contributed by atoms with Gasteiger partial charge in [0.1, 0.15) is 93.4 Å². The quantitative estimate of drug-likeness (QED) is 0.0795. The van der Waals surface area contributed by atoms with E-state index in [2.05, 4.69) is 93.3 Å². The fourth-order valence-electron chi connectivity index (χ4n) is 17.1. The highest BCUT2D eigenvalue weighted by atomic mass is 79.9. The number of carbonyl (C=O) groups excluding carboxylic acids is 5. The molecular weight excluding hydrogens is 1450 g/mol. The predicted molar refractivity (Wildman–Crippen MR) is 363 cm³/mol. The molecule has 96 heavy (non-hydrogen) atoms. The van der Waals surface area contributed by atoms with Gasteiger partial charge in [-0.15, -0.1) is 0 Å². The van der Waals surface area contributed by atoms with E-state index in [1.54, 1.807) is 50.5 Å². The molecule has 0 unspecified atom stereocenters. The van der Waals surface area contributed by atoms with Crippen molar-refractivity contribution in [1.82, 2.24) is 64.5 Å². The van der Waals surface area contributed by atoms with E-state index >= 15 is 0 Å². The van der Waals surface area contributed by atoms with Crippen LogP contribution in [0.3, 0.4) is 0 Å². The Morgan fingerprint density at radius 1 is 0.479 bits per heavy atom. The van der Waals surface area contributed by atoms with Gasteiger partial charge in [-0.2, -0.15) is 0 Å². The summed E-state index contributed by atoms with van der Waals surface area (Å²) in [5.41, 5.74) is 8.74.